The van der Waals surface area contributed by atoms with Crippen LogP contribution in [0.15, 0.2) is 48.8 Å². The van der Waals surface area contributed by atoms with Gasteiger partial charge in [0.1, 0.15) is 0 Å². The Balaban J connectivity index is 1.78. The van der Waals surface area contributed by atoms with Crippen molar-refractivity contribution in [2.75, 3.05) is 6.54 Å². The maximum Gasteiger partial charge on any atom is 0.0367 e. The lowest BCUT2D eigenvalue weighted by Crippen LogP contribution is -2.22. The van der Waals surface area contributed by atoms with Gasteiger partial charge in [0.05, 0.1) is 0 Å². The number of aromatic nitrogens is 1. The van der Waals surface area contributed by atoms with Crippen LogP contribution in [0.1, 0.15) is 35.6 Å². The van der Waals surface area contributed by atoms with Crippen molar-refractivity contribution in [1.29, 1.82) is 0 Å². The molecule has 0 aliphatic carbocycles. The highest BCUT2D eigenvalue weighted by Crippen LogP contribution is 2.32. The van der Waals surface area contributed by atoms with Gasteiger partial charge in [-0.3, -0.25) is 9.88 Å². The Labute approximate surface area is 115 Å². The van der Waals surface area contributed by atoms with E-state index in [1.807, 2.05) is 12.4 Å². The summed E-state index contributed by atoms with van der Waals surface area (Å²) in [4.78, 5) is 6.92. The maximum atomic E-state index is 4.34. The summed E-state index contributed by atoms with van der Waals surface area (Å²) in [6.07, 6.45) is 6.49. The lowest BCUT2D eigenvalue weighted by atomic mass is 10.0. The smallest absolute Gasteiger partial charge is 0.0367 e. The van der Waals surface area contributed by atoms with Crippen LogP contribution in [0.25, 0.3) is 0 Å². The number of benzene rings is 1. The number of pyridine rings is 1. The van der Waals surface area contributed by atoms with Crippen molar-refractivity contribution >= 4 is 0 Å². The highest BCUT2D eigenvalue weighted by molar-refractivity contribution is 5.22. The van der Waals surface area contributed by atoms with Crippen molar-refractivity contribution in [2.24, 2.45) is 0 Å². The largest absolute Gasteiger partial charge is 0.292 e. The predicted molar refractivity (Wildman–Crippen MR) is 77.8 cm³/mol. The van der Waals surface area contributed by atoms with Gasteiger partial charge in [-0.2, -0.15) is 0 Å². The molecule has 2 heterocycles. The molecule has 98 valence electrons. The van der Waals surface area contributed by atoms with E-state index >= 15 is 0 Å². The minimum absolute atomic E-state index is 0.535. The maximum absolute atomic E-state index is 4.34. The third-order valence-electron chi connectivity index (χ3n) is 3.87. The lowest BCUT2D eigenvalue weighted by Gasteiger charge is -2.24. The second-order valence-electron chi connectivity index (χ2n) is 5.41. The van der Waals surface area contributed by atoms with Crippen LogP contribution in [0.4, 0.5) is 0 Å². The minimum Gasteiger partial charge on any atom is -0.292 e. The molecule has 1 aliphatic heterocycles. The fourth-order valence-corrected chi connectivity index (χ4v) is 2.97. The molecule has 2 heteroatoms. The van der Waals surface area contributed by atoms with Gasteiger partial charge in [-0.15, -0.1) is 0 Å². The van der Waals surface area contributed by atoms with Gasteiger partial charge < -0.3 is 0 Å². The summed E-state index contributed by atoms with van der Waals surface area (Å²) < 4.78 is 0. The van der Waals surface area contributed by atoms with Crippen molar-refractivity contribution in [2.45, 2.75) is 32.4 Å². The number of aryl methyl sites for hydroxylation is 1. The molecular weight excluding hydrogens is 232 g/mol. The first-order valence-corrected chi connectivity index (χ1v) is 7.02. The Morgan fingerprint density at radius 2 is 2.05 bits per heavy atom. The Kier molecular flexibility index (Phi) is 3.60. The fraction of sp³-hybridized carbons (Fsp3) is 0.353. The Morgan fingerprint density at radius 3 is 2.84 bits per heavy atom. The summed E-state index contributed by atoms with van der Waals surface area (Å²) in [5.74, 6) is 0. The first-order chi connectivity index (χ1) is 9.33. The highest BCUT2D eigenvalue weighted by atomic mass is 15.2. The molecule has 0 bridgehead atoms. The molecule has 0 amide bonds. The number of likely N-dealkylation sites (tertiary alicyclic amines) is 1. The zero-order chi connectivity index (χ0) is 13.1. The molecule has 1 aliphatic rings. The second-order valence-corrected chi connectivity index (χ2v) is 5.41. The normalized spacial score (nSPS) is 19.7. The van der Waals surface area contributed by atoms with Gasteiger partial charge >= 0.3 is 0 Å². The third-order valence-corrected chi connectivity index (χ3v) is 3.87. The quantitative estimate of drug-likeness (QED) is 0.827. The van der Waals surface area contributed by atoms with E-state index in [1.165, 1.54) is 36.1 Å². The van der Waals surface area contributed by atoms with Crippen LogP contribution in [0.3, 0.4) is 0 Å². The molecule has 0 N–H and O–H groups in total. The molecule has 2 nitrogen and oxygen atoms in total. The minimum atomic E-state index is 0.535. The summed E-state index contributed by atoms with van der Waals surface area (Å²) in [6, 6.07) is 13.6. The van der Waals surface area contributed by atoms with E-state index in [2.05, 4.69) is 53.2 Å². The molecule has 0 unspecified atom stereocenters. The topological polar surface area (TPSA) is 16.1 Å². The van der Waals surface area contributed by atoms with Gasteiger partial charge in [0.2, 0.25) is 0 Å². The zero-order valence-corrected chi connectivity index (χ0v) is 11.4. The Hall–Kier alpha value is -1.67. The summed E-state index contributed by atoms with van der Waals surface area (Å²) >= 11 is 0. The molecule has 1 saturated heterocycles. The first-order valence-electron chi connectivity index (χ1n) is 7.02. The van der Waals surface area contributed by atoms with E-state index in [9.17, 15) is 0 Å². The van der Waals surface area contributed by atoms with Crippen molar-refractivity contribution < 1.29 is 0 Å². The molecule has 0 saturated carbocycles. The SMILES string of the molecule is Cc1cncc([C@H]2CCCN2Cc2ccccc2)c1. The zero-order valence-electron chi connectivity index (χ0n) is 11.4. The van der Waals surface area contributed by atoms with E-state index in [0.717, 1.165) is 6.54 Å². The summed E-state index contributed by atoms with van der Waals surface area (Å²) in [6.45, 7) is 4.35. The molecular formula is C17H20N2. The fourth-order valence-electron chi connectivity index (χ4n) is 2.97. The van der Waals surface area contributed by atoms with Gasteiger partial charge in [-0.1, -0.05) is 36.4 Å². The van der Waals surface area contributed by atoms with E-state index < -0.39 is 0 Å². The molecule has 1 atom stereocenters. The standard InChI is InChI=1S/C17H20N2/c1-14-10-16(12-18-11-14)17-8-5-9-19(17)13-15-6-3-2-4-7-15/h2-4,6-7,10-12,17H,5,8-9,13H2,1H3/t17-/m1/s1. The van der Waals surface area contributed by atoms with Crippen LogP contribution in [-0.2, 0) is 6.54 Å². The van der Waals surface area contributed by atoms with Crippen molar-refractivity contribution in [3.8, 4) is 0 Å². The summed E-state index contributed by atoms with van der Waals surface area (Å²) in [5.41, 5.74) is 4.02. The van der Waals surface area contributed by atoms with Crippen molar-refractivity contribution in [1.82, 2.24) is 9.88 Å². The van der Waals surface area contributed by atoms with E-state index in [-0.39, 0.29) is 0 Å². The summed E-state index contributed by atoms with van der Waals surface area (Å²) in [7, 11) is 0. The van der Waals surface area contributed by atoms with Gasteiger partial charge in [0.25, 0.3) is 0 Å². The molecule has 1 aromatic heterocycles. The van der Waals surface area contributed by atoms with Crippen LogP contribution in [0, 0.1) is 6.92 Å². The molecule has 0 radical (unpaired) electrons. The van der Waals surface area contributed by atoms with Crippen LogP contribution in [0.2, 0.25) is 0 Å². The van der Waals surface area contributed by atoms with E-state index in [4.69, 9.17) is 0 Å². The van der Waals surface area contributed by atoms with Gasteiger partial charge in [-0.05, 0) is 43.0 Å². The average Bonchev–Trinajstić information content (AvgIpc) is 2.88. The number of hydrogen-bond acceptors (Lipinski definition) is 2. The molecule has 1 aromatic carbocycles. The molecule has 19 heavy (non-hydrogen) atoms. The Morgan fingerprint density at radius 1 is 1.21 bits per heavy atom. The van der Waals surface area contributed by atoms with Crippen LogP contribution < -0.4 is 0 Å². The average molecular weight is 252 g/mol. The number of rotatable bonds is 3. The first kappa shape index (κ1) is 12.4. The number of hydrogen-bond donors (Lipinski definition) is 0. The van der Waals surface area contributed by atoms with E-state index in [0.29, 0.717) is 6.04 Å². The molecule has 0 spiro atoms. The number of nitrogens with zero attached hydrogens (tertiary/aromatic N) is 2. The molecule has 2 aromatic rings. The third kappa shape index (κ3) is 2.85. The Bertz CT molecular complexity index is 536. The van der Waals surface area contributed by atoms with Crippen LogP contribution in [0.5, 0.6) is 0 Å². The predicted octanol–water partition coefficient (Wildman–Crippen LogP) is 3.73. The second kappa shape index (κ2) is 5.54. The van der Waals surface area contributed by atoms with E-state index in [1.54, 1.807) is 0 Å². The molecule has 3 rings (SSSR count). The van der Waals surface area contributed by atoms with Crippen LogP contribution in [-0.4, -0.2) is 16.4 Å². The highest BCUT2D eigenvalue weighted by Gasteiger charge is 2.26. The molecule has 1 fully saturated rings. The monoisotopic (exact) mass is 252 g/mol. The van der Waals surface area contributed by atoms with Crippen molar-refractivity contribution in [3.63, 3.8) is 0 Å². The summed E-state index contributed by atoms with van der Waals surface area (Å²) in [5, 5.41) is 0. The lowest BCUT2D eigenvalue weighted by molar-refractivity contribution is 0.248. The van der Waals surface area contributed by atoms with Gasteiger partial charge in [0, 0.05) is 25.0 Å². The van der Waals surface area contributed by atoms with Gasteiger partial charge in [0.15, 0.2) is 0 Å². The van der Waals surface area contributed by atoms with Crippen LogP contribution >= 0.6 is 0 Å². The van der Waals surface area contributed by atoms with Crippen molar-refractivity contribution in [3.05, 3.63) is 65.5 Å². The van der Waals surface area contributed by atoms with Gasteiger partial charge in [-0.25, -0.2) is 0 Å².